The van der Waals surface area contributed by atoms with Gasteiger partial charge in [-0.25, -0.2) is 0 Å². The van der Waals surface area contributed by atoms with Crippen molar-refractivity contribution in [3.63, 3.8) is 0 Å². The monoisotopic (exact) mass is 227 g/mol. The van der Waals surface area contributed by atoms with Crippen LogP contribution in [0.25, 0.3) is 0 Å². The number of carbonyl (C=O) groups is 2. The van der Waals surface area contributed by atoms with Crippen molar-refractivity contribution in [2.45, 2.75) is 19.8 Å². The Morgan fingerprint density at radius 3 is 2.88 bits per heavy atom. The smallest absolute Gasteiger partial charge is 0.311 e. The molecule has 2 aliphatic rings. The van der Waals surface area contributed by atoms with E-state index >= 15 is 0 Å². The Morgan fingerprint density at radius 1 is 1.56 bits per heavy atom. The van der Waals surface area contributed by atoms with Crippen molar-refractivity contribution in [1.29, 1.82) is 0 Å². The highest BCUT2D eigenvalue weighted by Gasteiger charge is 2.54. The van der Waals surface area contributed by atoms with Crippen LogP contribution in [0.2, 0.25) is 0 Å². The zero-order valence-corrected chi connectivity index (χ0v) is 9.44. The first-order valence-corrected chi connectivity index (χ1v) is 5.69. The van der Waals surface area contributed by atoms with Gasteiger partial charge in [0.25, 0.3) is 0 Å². The molecule has 0 aliphatic carbocycles. The number of amides is 1. The van der Waals surface area contributed by atoms with Crippen LogP contribution >= 0.6 is 0 Å². The maximum atomic E-state index is 11.6. The molecule has 16 heavy (non-hydrogen) atoms. The molecule has 0 aromatic rings. The zero-order chi connectivity index (χ0) is 11.8. The van der Waals surface area contributed by atoms with Crippen molar-refractivity contribution in [2.75, 3.05) is 26.3 Å². The second-order valence-corrected chi connectivity index (χ2v) is 4.61. The van der Waals surface area contributed by atoms with Crippen molar-refractivity contribution >= 4 is 11.9 Å². The fraction of sp³-hybridized carbons (Fsp3) is 0.818. The Bertz CT molecular complexity index is 317. The number of ether oxygens (including phenoxy) is 1. The number of fused-ring (bicyclic) bond motifs is 1. The summed E-state index contributed by atoms with van der Waals surface area (Å²) in [6.45, 7) is 3.62. The van der Waals surface area contributed by atoms with Crippen molar-refractivity contribution < 1.29 is 19.4 Å². The molecule has 2 fully saturated rings. The van der Waals surface area contributed by atoms with Gasteiger partial charge in [0.1, 0.15) is 0 Å². The lowest BCUT2D eigenvalue weighted by atomic mass is 9.74. The summed E-state index contributed by atoms with van der Waals surface area (Å²) in [5.74, 6) is -0.795. The lowest BCUT2D eigenvalue weighted by Gasteiger charge is -2.33. The van der Waals surface area contributed by atoms with Gasteiger partial charge in [-0.15, -0.1) is 0 Å². The third kappa shape index (κ3) is 1.59. The minimum absolute atomic E-state index is 0.0371. The molecular formula is C11H17NO4. The topological polar surface area (TPSA) is 66.8 Å². The number of hydrogen-bond donors (Lipinski definition) is 1. The van der Waals surface area contributed by atoms with Gasteiger partial charge in [-0.1, -0.05) is 6.92 Å². The van der Waals surface area contributed by atoms with Crippen molar-refractivity contribution in [2.24, 2.45) is 11.3 Å². The van der Waals surface area contributed by atoms with Gasteiger partial charge in [0.15, 0.2) is 0 Å². The first kappa shape index (κ1) is 11.4. The van der Waals surface area contributed by atoms with Gasteiger partial charge in [0.2, 0.25) is 5.91 Å². The summed E-state index contributed by atoms with van der Waals surface area (Å²) in [5.41, 5.74) is -0.761. The van der Waals surface area contributed by atoms with E-state index in [1.807, 2.05) is 0 Å². The van der Waals surface area contributed by atoms with Crippen LogP contribution < -0.4 is 0 Å². The first-order chi connectivity index (χ1) is 7.60. The highest BCUT2D eigenvalue weighted by atomic mass is 16.5. The fourth-order valence-corrected chi connectivity index (χ4v) is 2.71. The minimum atomic E-state index is -0.785. The van der Waals surface area contributed by atoms with E-state index in [0.29, 0.717) is 39.1 Å². The highest BCUT2D eigenvalue weighted by molar-refractivity contribution is 5.81. The van der Waals surface area contributed by atoms with Crippen LogP contribution in [0.1, 0.15) is 19.8 Å². The summed E-state index contributed by atoms with van der Waals surface area (Å²) in [6.07, 6.45) is 0.948. The molecule has 2 atom stereocenters. The molecule has 0 spiro atoms. The third-order valence-electron chi connectivity index (χ3n) is 3.79. The number of carboxylic acid groups (broad SMARTS) is 1. The number of carbonyl (C=O) groups excluding carboxylic acids is 1. The molecule has 0 aromatic heterocycles. The van der Waals surface area contributed by atoms with E-state index < -0.39 is 11.4 Å². The lowest BCUT2D eigenvalue weighted by Crippen LogP contribution is -2.45. The van der Waals surface area contributed by atoms with Gasteiger partial charge < -0.3 is 14.7 Å². The fourth-order valence-electron chi connectivity index (χ4n) is 2.71. The number of hydrogen-bond acceptors (Lipinski definition) is 3. The zero-order valence-electron chi connectivity index (χ0n) is 9.44. The molecule has 5 heteroatoms. The molecule has 0 unspecified atom stereocenters. The summed E-state index contributed by atoms with van der Waals surface area (Å²) in [5, 5.41) is 9.38. The van der Waals surface area contributed by atoms with E-state index in [-0.39, 0.29) is 11.8 Å². The summed E-state index contributed by atoms with van der Waals surface area (Å²) < 4.78 is 5.32. The van der Waals surface area contributed by atoms with E-state index in [1.54, 1.807) is 11.8 Å². The van der Waals surface area contributed by atoms with Gasteiger partial charge in [0.05, 0.1) is 12.0 Å². The van der Waals surface area contributed by atoms with Crippen LogP contribution in [0, 0.1) is 11.3 Å². The molecule has 90 valence electrons. The van der Waals surface area contributed by atoms with Crippen molar-refractivity contribution in [1.82, 2.24) is 4.90 Å². The molecular weight excluding hydrogens is 210 g/mol. The molecule has 2 aliphatic heterocycles. The maximum Gasteiger partial charge on any atom is 0.311 e. The Balaban J connectivity index is 2.20. The number of carboxylic acids is 1. The predicted octanol–water partition coefficient (Wildman–Crippen LogP) is 0.346. The standard InChI is InChI=1S/C11H17NO4/c1-2-9(13)12-5-8-6-16-4-3-11(8,7-12)10(14)15/h8H,2-7H2,1H3,(H,14,15)/t8-,11+/m0/s1. The lowest BCUT2D eigenvalue weighted by molar-refractivity contribution is -0.157. The van der Waals surface area contributed by atoms with Crippen LogP contribution in [-0.2, 0) is 14.3 Å². The summed E-state index contributed by atoms with van der Waals surface area (Å²) in [6, 6.07) is 0. The summed E-state index contributed by atoms with van der Waals surface area (Å²) in [4.78, 5) is 24.7. The van der Waals surface area contributed by atoms with Crippen molar-refractivity contribution in [3.05, 3.63) is 0 Å². The largest absolute Gasteiger partial charge is 0.481 e. The van der Waals surface area contributed by atoms with Crippen LogP contribution in [0.5, 0.6) is 0 Å². The molecule has 0 bridgehead atoms. The predicted molar refractivity (Wildman–Crippen MR) is 55.9 cm³/mol. The summed E-state index contributed by atoms with van der Waals surface area (Å²) in [7, 11) is 0. The molecule has 2 heterocycles. The number of aliphatic carboxylic acids is 1. The second kappa shape index (κ2) is 4.05. The number of likely N-dealkylation sites (tertiary alicyclic amines) is 1. The van der Waals surface area contributed by atoms with Crippen molar-refractivity contribution in [3.8, 4) is 0 Å². The van der Waals surface area contributed by atoms with E-state index in [2.05, 4.69) is 0 Å². The normalized spacial score (nSPS) is 33.6. The SMILES string of the molecule is CCC(=O)N1C[C@H]2COCC[C@@]2(C(=O)O)C1. The highest BCUT2D eigenvalue weighted by Crippen LogP contribution is 2.42. The first-order valence-electron chi connectivity index (χ1n) is 5.69. The van der Waals surface area contributed by atoms with Crippen LogP contribution in [0.15, 0.2) is 0 Å². The Labute approximate surface area is 94.4 Å². The van der Waals surface area contributed by atoms with Gasteiger partial charge in [-0.05, 0) is 6.42 Å². The van der Waals surface area contributed by atoms with Gasteiger partial charge in [-0.2, -0.15) is 0 Å². The Hall–Kier alpha value is -1.10. The average molecular weight is 227 g/mol. The van der Waals surface area contributed by atoms with Gasteiger partial charge in [0, 0.05) is 32.0 Å². The van der Waals surface area contributed by atoms with E-state index in [0.717, 1.165) is 0 Å². The van der Waals surface area contributed by atoms with Crippen LogP contribution in [0.3, 0.4) is 0 Å². The summed E-state index contributed by atoms with van der Waals surface area (Å²) >= 11 is 0. The van der Waals surface area contributed by atoms with E-state index in [9.17, 15) is 14.7 Å². The van der Waals surface area contributed by atoms with Crippen LogP contribution in [-0.4, -0.2) is 48.2 Å². The molecule has 0 radical (unpaired) electrons. The van der Waals surface area contributed by atoms with Crippen LogP contribution in [0.4, 0.5) is 0 Å². The molecule has 1 N–H and O–H groups in total. The second-order valence-electron chi connectivity index (χ2n) is 4.61. The molecule has 1 amide bonds. The van der Waals surface area contributed by atoms with E-state index in [4.69, 9.17) is 4.74 Å². The molecule has 5 nitrogen and oxygen atoms in total. The van der Waals surface area contributed by atoms with E-state index in [1.165, 1.54) is 0 Å². The van der Waals surface area contributed by atoms with Gasteiger partial charge in [-0.3, -0.25) is 9.59 Å². The average Bonchev–Trinajstić information content (AvgIpc) is 2.68. The molecule has 0 aromatic carbocycles. The van der Waals surface area contributed by atoms with Gasteiger partial charge >= 0.3 is 5.97 Å². The molecule has 0 saturated carbocycles. The number of rotatable bonds is 2. The molecule has 2 saturated heterocycles. The minimum Gasteiger partial charge on any atom is -0.481 e. The number of nitrogens with zero attached hydrogens (tertiary/aromatic N) is 1. The quantitative estimate of drug-likeness (QED) is 0.739. The Morgan fingerprint density at radius 2 is 2.31 bits per heavy atom. The Kier molecular flexibility index (Phi) is 2.88. The maximum absolute atomic E-state index is 11.6. The molecule has 2 rings (SSSR count). The third-order valence-corrected chi connectivity index (χ3v) is 3.79.